The summed E-state index contributed by atoms with van der Waals surface area (Å²) < 4.78 is 0. The lowest BCUT2D eigenvalue weighted by Gasteiger charge is -2.20. The lowest BCUT2D eigenvalue weighted by Crippen LogP contribution is -2.39. The van der Waals surface area contributed by atoms with E-state index in [0.717, 1.165) is 16.3 Å². The number of pyridine rings is 1. The Labute approximate surface area is 161 Å². The van der Waals surface area contributed by atoms with E-state index in [-0.39, 0.29) is 25.4 Å². The third-order valence-electron chi connectivity index (χ3n) is 4.06. The van der Waals surface area contributed by atoms with Crippen LogP contribution in [0.1, 0.15) is 23.8 Å². The first kappa shape index (κ1) is 19.2. The Balaban J connectivity index is 1.55. The van der Waals surface area contributed by atoms with Gasteiger partial charge in [-0.3, -0.25) is 9.78 Å². The highest BCUT2D eigenvalue weighted by atomic mass is 32.1. The SMILES string of the molecule is O=C(Cc1csc(-c2ccccn2)n1)N[C@H](CO)C[C@H](O)c1ccccc1. The molecule has 7 heteroatoms. The van der Waals surface area contributed by atoms with Gasteiger partial charge in [-0.05, 0) is 24.1 Å². The van der Waals surface area contributed by atoms with Gasteiger partial charge in [-0.15, -0.1) is 11.3 Å². The summed E-state index contributed by atoms with van der Waals surface area (Å²) in [5, 5.41) is 25.2. The number of aromatic nitrogens is 2. The van der Waals surface area contributed by atoms with Crippen LogP contribution in [0.25, 0.3) is 10.7 Å². The monoisotopic (exact) mass is 383 g/mol. The predicted octanol–water partition coefficient (Wildman–Crippen LogP) is 2.35. The summed E-state index contributed by atoms with van der Waals surface area (Å²) in [6.07, 6.45) is 1.30. The minimum atomic E-state index is -0.751. The second-order valence-corrected chi connectivity index (χ2v) is 7.00. The van der Waals surface area contributed by atoms with Crippen molar-refractivity contribution >= 4 is 17.2 Å². The van der Waals surface area contributed by atoms with Gasteiger partial charge in [0.2, 0.25) is 5.91 Å². The van der Waals surface area contributed by atoms with Crippen LogP contribution < -0.4 is 5.32 Å². The molecule has 0 unspecified atom stereocenters. The summed E-state index contributed by atoms with van der Waals surface area (Å²) in [6.45, 7) is -0.244. The number of nitrogens with zero attached hydrogens (tertiary/aromatic N) is 2. The molecule has 0 fully saturated rings. The van der Waals surface area contributed by atoms with E-state index in [1.807, 2.05) is 53.9 Å². The zero-order chi connectivity index (χ0) is 19.1. The van der Waals surface area contributed by atoms with Gasteiger partial charge in [0.15, 0.2) is 0 Å². The first-order valence-corrected chi connectivity index (χ1v) is 9.52. The van der Waals surface area contributed by atoms with Gasteiger partial charge >= 0.3 is 0 Å². The van der Waals surface area contributed by atoms with Crippen molar-refractivity contribution < 1.29 is 15.0 Å². The van der Waals surface area contributed by atoms with Crippen molar-refractivity contribution in [3.05, 3.63) is 71.4 Å². The molecular formula is C20H21N3O3S. The van der Waals surface area contributed by atoms with E-state index in [2.05, 4.69) is 15.3 Å². The standard InChI is InChI=1S/C20H21N3O3S/c24-12-15(10-18(25)14-6-2-1-3-7-14)22-19(26)11-16-13-27-20(23-16)17-8-4-5-9-21-17/h1-9,13,15,18,24-25H,10-12H2,(H,22,26)/t15-,18-/m0/s1. The number of hydrogen-bond acceptors (Lipinski definition) is 6. The number of aliphatic hydroxyl groups excluding tert-OH is 2. The van der Waals surface area contributed by atoms with Gasteiger partial charge in [0.1, 0.15) is 5.01 Å². The Hall–Kier alpha value is -2.61. The smallest absolute Gasteiger partial charge is 0.226 e. The average molecular weight is 383 g/mol. The Kier molecular flexibility index (Phi) is 6.64. The number of benzene rings is 1. The molecule has 1 aromatic carbocycles. The van der Waals surface area contributed by atoms with Gasteiger partial charge in [-0.25, -0.2) is 4.98 Å². The lowest BCUT2D eigenvalue weighted by molar-refractivity contribution is -0.121. The van der Waals surface area contributed by atoms with Crippen molar-refractivity contribution in [1.29, 1.82) is 0 Å². The minimum absolute atomic E-state index is 0.112. The molecule has 2 atom stereocenters. The molecule has 0 aliphatic carbocycles. The fraction of sp³-hybridized carbons (Fsp3) is 0.250. The molecule has 2 aromatic heterocycles. The van der Waals surface area contributed by atoms with Crippen LogP contribution in [0.15, 0.2) is 60.1 Å². The summed E-state index contributed by atoms with van der Waals surface area (Å²) in [5.74, 6) is -0.243. The molecule has 0 aliphatic rings. The van der Waals surface area contributed by atoms with Gasteiger partial charge in [0, 0.05) is 11.6 Å². The van der Waals surface area contributed by atoms with Crippen molar-refractivity contribution in [2.45, 2.75) is 25.0 Å². The molecule has 3 rings (SSSR count). The van der Waals surface area contributed by atoms with Crippen molar-refractivity contribution in [3.8, 4) is 10.7 Å². The maximum Gasteiger partial charge on any atom is 0.226 e. The number of aliphatic hydroxyl groups is 2. The highest BCUT2D eigenvalue weighted by molar-refractivity contribution is 7.13. The van der Waals surface area contributed by atoms with E-state index in [9.17, 15) is 15.0 Å². The Morgan fingerprint density at radius 2 is 1.93 bits per heavy atom. The van der Waals surface area contributed by atoms with E-state index >= 15 is 0 Å². The number of rotatable bonds is 8. The molecule has 0 spiro atoms. The number of hydrogen-bond donors (Lipinski definition) is 3. The van der Waals surface area contributed by atoms with Crippen LogP contribution in [0, 0.1) is 0 Å². The first-order valence-electron chi connectivity index (χ1n) is 8.64. The van der Waals surface area contributed by atoms with Gasteiger partial charge in [0.05, 0.1) is 36.6 Å². The molecule has 0 saturated heterocycles. The van der Waals surface area contributed by atoms with E-state index in [1.54, 1.807) is 6.20 Å². The maximum atomic E-state index is 12.3. The fourth-order valence-corrected chi connectivity index (χ4v) is 3.49. The van der Waals surface area contributed by atoms with Gasteiger partial charge < -0.3 is 15.5 Å². The molecular weight excluding hydrogens is 362 g/mol. The van der Waals surface area contributed by atoms with Crippen LogP contribution in [0.2, 0.25) is 0 Å². The summed E-state index contributed by atoms with van der Waals surface area (Å²) in [4.78, 5) is 21.0. The molecule has 0 bridgehead atoms. The highest BCUT2D eigenvalue weighted by Gasteiger charge is 2.18. The number of carbonyl (C=O) groups excluding carboxylic acids is 1. The molecule has 3 N–H and O–H groups in total. The van der Waals surface area contributed by atoms with Gasteiger partial charge in [-0.1, -0.05) is 36.4 Å². The highest BCUT2D eigenvalue weighted by Crippen LogP contribution is 2.22. The molecule has 0 radical (unpaired) electrons. The molecule has 6 nitrogen and oxygen atoms in total. The van der Waals surface area contributed by atoms with Crippen molar-refractivity contribution in [1.82, 2.24) is 15.3 Å². The lowest BCUT2D eigenvalue weighted by atomic mass is 10.0. The van der Waals surface area contributed by atoms with Crippen molar-refractivity contribution in [2.75, 3.05) is 6.61 Å². The van der Waals surface area contributed by atoms with Crippen LogP contribution in [0.3, 0.4) is 0 Å². The van der Waals surface area contributed by atoms with Crippen LogP contribution in [-0.4, -0.2) is 38.7 Å². The number of nitrogens with one attached hydrogen (secondary N) is 1. The first-order chi connectivity index (χ1) is 13.2. The number of thiazole rings is 1. The molecule has 27 heavy (non-hydrogen) atoms. The number of carbonyl (C=O) groups is 1. The third kappa shape index (κ3) is 5.43. The summed E-state index contributed by atoms with van der Waals surface area (Å²) in [5.41, 5.74) is 2.18. The van der Waals surface area contributed by atoms with E-state index in [1.165, 1.54) is 11.3 Å². The predicted molar refractivity (Wildman–Crippen MR) is 104 cm³/mol. The second-order valence-electron chi connectivity index (χ2n) is 6.14. The van der Waals surface area contributed by atoms with Gasteiger partial charge in [-0.2, -0.15) is 0 Å². The zero-order valence-electron chi connectivity index (χ0n) is 14.7. The summed E-state index contributed by atoms with van der Waals surface area (Å²) >= 11 is 1.43. The minimum Gasteiger partial charge on any atom is -0.394 e. The third-order valence-corrected chi connectivity index (χ3v) is 4.97. The normalized spacial score (nSPS) is 13.1. The summed E-state index contributed by atoms with van der Waals surface area (Å²) in [6, 6.07) is 14.2. The molecule has 3 aromatic rings. The molecule has 140 valence electrons. The van der Waals surface area contributed by atoms with Crippen LogP contribution in [-0.2, 0) is 11.2 Å². The molecule has 2 heterocycles. The largest absolute Gasteiger partial charge is 0.394 e. The van der Waals surface area contributed by atoms with Crippen molar-refractivity contribution in [2.24, 2.45) is 0 Å². The fourth-order valence-electron chi connectivity index (χ4n) is 2.70. The van der Waals surface area contributed by atoms with Crippen LogP contribution >= 0.6 is 11.3 Å². The second kappa shape index (κ2) is 9.36. The average Bonchev–Trinajstić information content (AvgIpc) is 3.17. The Morgan fingerprint density at radius 3 is 2.63 bits per heavy atom. The van der Waals surface area contributed by atoms with Crippen LogP contribution in [0.5, 0.6) is 0 Å². The maximum absolute atomic E-state index is 12.3. The van der Waals surface area contributed by atoms with Gasteiger partial charge in [0.25, 0.3) is 0 Å². The van der Waals surface area contributed by atoms with E-state index in [4.69, 9.17) is 0 Å². The van der Waals surface area contributed by atoms with Crippen molar-refractivity contribution in [3.63, 3.8) is 0 Å². The number of amides is 1. The Bertz CT molecular complexity index is 855. The van der Waals surface area contributed by atoms with E-state index in [0.29, 0.717) is 5.69 Å². The zero-order valence-corrected chi connectivity index (χ0v) is 15.5. The topological polar surface area (TPSA) is 95.3 Å². The molecule has 0 aliphatic heterocycles. The van der Waals surface area contributed by atoms with Crippen LogP contribution in [0.4, 0.5) is 0 Å². The van der Waals surface area contributed by atoms with E-state index < -0.39 is 12.1 Å². The molecule has 1 amide bonds. The quantitative estimate of drug-likeness (QED) is 0.555. The molecule has 0 saturated carbocycles. The Morgan fingerprint density at radius 1 is 1.15 bits per heavy atom. The summed E-state index contributed by atoms with van der Waals surface area (Å²) in [7, 11) is 0.